The highest BCUT2D eigenvalue weighted by molar-refractivity contribution is 9.10. The van der Waals surface area contributed by atoms with E-state index in [1.54, 1.807) is 0 Å². The van der Waals surface area contributed by atoms with Crippen molar-refractivity contribution in [3.05, 3.63) is 28.0 Å². The Morgan fingerprint density at radius 2 is 2.32 bits per heavy atom. The lowest BCUT2D eigenvalue weighted by Gasteiger charge is -2.22. The molecule has 1 aromatic heterocycles. The summed E-state index contributed by atoms with van der Waals surface area (Å²) in [7, 11) is 1.39. The van der Waals surface area contributed by atoms with Crippen LogP contribution in [0.1, 0.15) is 42.0 Å². The lowest BCUT2D eigenvalue weighted by atomic mass is 10.1. The Bertz CT molecular complexity index is 663. The van der Waals surface area contributed by atoms with Gasteiger partial charge in [0, 0.05) is 16.9 Å². The highest BCUT2D eigenvalue weighted by atomic mass is 79.9. The third-order valence-electron chi connectivity index (χ3n) is 3.70. The molecule has 0 radical (unpaired) electrons. The first kappa shape index (κ1) is 12.7. The van der Waals surface area contributed by atoms with Crippen molar-refractivity contribution in [2.45, 2.75) is 32.2 Å². The molecule has 0 amide bonds. The van der Waals surface area contributed by atoms with E-state index in [1.807, 2.05) is 12.1 Å². The summed E-state index contributed by atoms with van der Waals surface area (Å²) in [5, 5.41) is 0. The molecule has 19 heavy (non-hydrogen) atoms. The van der Waals surface area contributed by atoms with Crippen LogP contribution in [0, 0.1) is 0 Å². The van der Waals surface area contributed by atoms with E-state index >= 15 is 0 Å². The second-order valence-corrected chi connectivity index (χ2v) is 5.81. The van der Waals surface area contributed by atoms with Crippen molar-refractivity contribution in [1.29, 1.82) is 0 Å². The van der Waals surface area contributed by atoms with Crippen LogP contribution in [-0.4, -0.2) is 22.6 Å². The second kappa shape index (κ2) is 4.63. The molecule has 5 heteroatoms. The van der Waals surface area contributed by atoms with Crippen molar-refractivity contribution in [3.63, 3.8) is 0 Å². The van der Waals surface area contributed by atoms with Gasteiger partial charge in [0.1, 0.15) is 5.82 Å². The van der Waals surface area contributed by atoms with Gasteiger partial charge < -0.3 is 9.30 Å². The predicted octanol–water partition coefficient (Wildman–Crippen LogP) is 3.48. The largest absolute Gasteiger partial charge is 0.465 e. The zero-order valence-corrected chi connectivity index (χ0v) is 12.5. The van der Waals surface area contributed by atoms with Crippen LogP contribution in [0.4, 0.5) is 0 Å². The van der Waals surface area contributed by atoms with Crippen molar-refractivity contribution in [2.24, 2.45) is 0 Å². The fourth-order valence-corrected chi connectivity index (χ4v) is 3.44. The highest BCUT2D eigenvalue weighted by Crippen LogP contribution is 2.34. The number of methoxy groups -OCH3 is 1. The van der Waals surface area contributed by atoms with Crippen molar-refractivity contribution < 1.29 is 9.53 Å². The van der Waals surface area contributed by atoms with Crippen LogP contribution < -0.4 is 0 Å². The lowest BCUT2D eigenvalue weighted by molar-refractivity contribution is 0.0601. The number of nitrogens with zero attached hydrogens (tertiary/aromatic N) is 2. The lowest BCUT2D eigenvalue weighted by Crippen LogP contribution is -2.15. The number of carbonyl (C=O) groups excluding carboxylic acids is 1. The maximum Gasteiger partial charge on any atom is 0.337 e. The Kier molecular flexibility index (Phi) is 3.09. The van der Waals surface area contributed by atoms with E-state index in [0.717, 1.165) is 27.8 Å². The number of fused-ring (bicyclic) bond motifs is 3. The van der Waals surface area contributed by atoms with Crippen molar-refractivity contribution in [3.8, 4) is 0 Å². The Hall–Kier alpha value is -1.36. The molecule has 1 aliphatic rings. The smallest absolute Gasteiger partial charge is 0.337 e. The fraction of sp³-hybridized carbons (Fsp3) is 0.429. The minimum Gasteiger partial charge on any atom is -0.465 e. The second-order valence-electron chi connectivity index (χ2n) is 4.96. The van der Waals surface area contributed by atoms with Crippen LogP contribution >= 0.6 is 15.9 Å². The van der Waals surface area contributed by atoms with Gasteiger partial charge >= 0.3 is 5.97 Å². The summed E-state index contributed by atoms with van der Waals surface area (Å²) in [6.07, 6.45) is 3.34. The molecule has 0 saturated heterocycles. The van der Waals surface area contributed by atoms with Crippen LogP contribution in [0.5, 0.6) is 0 Å². The minimum absolute atomic E-state index is 0.332. The summed E-state index contributed by atoms with van der Waals surface area (Å²) in [4.78, 5) is 16.3. The van der Waals surface area contributed by atoms with Gasteiger partial charge in [0.15, 0.2) is 0 Å². The average molecular weight is 323 g/mol. The van der Waals surface area contributed by atoms with E-state index < -0.39 is 0 Å². The summed E-state index contributed by atoms with van der Waals surface area (Å²) in [5.41, 5.74) is 2.47. The first-order valence-electron chi connectivity index (χ1n) is 6.40. The minimum atomic E-state index is -0.332. The van der Waals surface area contributed by atoms with E-state index in [9.17, 15) is 4.79 Å². The van der Waals surface area contributed by atoms with E-state index in [0.29, 0.717) is 11.6 Å². The number of hydrogen-bond acceptors (Lipinski definition) is 3. The first-order chi connectivity index (χ1) is 9.11. The Balaban J connectivity index is 2.25. The molecule has 2 heterocycles. The number of esters is 1. The topological polar surface area (TPSA) is 44.1 Å². The molecule has 1 aromatic carbocycles. The molecule has 0 aliphatic carbocycles. The summed E-state index contributed by atoms with van der Waals surface area (Å²) < 4.78 is 7.95. The Labute approximate surface area is 119 Å². The number of hydrogen-bond donors (Lipinski definition) is 0. The molecule has 1 aliphatic heterocycles. The van der Waals surface area contributed by atoms with Crippen LogP contribution in [-0.2, 0) is 11.2 Å². The molecule has 0 N–H and O–H groups in total. The number of ether oxygens (including phenoxy) is 1. The van der Waals surface area contributed by atoms with Gasteiger partial charge in [-0.25, -0.2) is 9.78 Å². The van der Waals surface area contributed by atoms with Gasteiger partial charge in [0.2, 0.25) is 0 Å². The molecule has 0 spiro atoms. The highest BCUT2D eigenvalue weighted by Gasteiger charge is 2.22. The van der Waals surface area contributed by atoms with Crippen LogP contribution in [0.15, 0.2) is 16.6 Å². The molecule has 3 rings (SSSR count). The van der Waals surface area contributed by atoms with Gasteiger partial charge in [-0.3, -0.25) is 0 Å². The average Bonchev–Trinajstić information content (AvgIpc) is 2.77. The molecule has 0 bridgehead atoms. The molecular weight excluding hydrogens is 308 g/mol. The third kappa shape index (κ3) is 1.96. The van der Waals surface area contributed by atoms with Gasteiger partial charge in [-0.05, 0) is 47.8 Å². The maximum absolute atomic E-state index is 11.6. The van der Waals surface area contributed by atoms with E-state index in [4.69, 9.17) is 4.74 Å². The number of carbonyl (C=O) groups is 1. The molecule has 4 nitrogen and oxygen atoms in total. The molecular formula is C14H15BrN2O2. The van der Waals surface area contributed by atoms with Gasteiger partial charge in [-0.2, -0.15) is 0 Å². The van der Waals surface area contributed by atoms with Gasteiger partial charge in [-0.1, -0.05) is 0 Å². The molecule has 2 aromatic rings. The number of benzene rings is 1. The number of imidazole rings is 1. The molecule has 0 unspecified atom stereocenters. The van der Waals surface area contributed by atoms with Crippen LogP contribution in [0.2, 0.25) is 0 Å². The molecule has 1 atom stereocenters. The quantitative estimate of drug-likeness (QED) is 0.755. The third-order valence-corrected chi connectivity index (χ3v) is 4.30. The normalized spacial score (nSPS) is 18.4. The van der Waals surface area contributed by atoms with Crippen molar-refractivity contribution in [1.82, 2.24) is 9.55 Å². The van der Waals surface area contributed by atoms with Crippen molar-refractivity contribution in [2.75, 3.05) is 7.11 Å². The number of halogens is 1. The van der Waals surface area contributed by atoms with E-state index in [-0.39, 0.29) is 5.97 Å². The van der Waals surface area contributed by atoms with Crippen LogP contribution in [0.3, 0.4) is 0 Å². The summed E-state index contributed by atoms with van der Waals surface area (Å²) in [6, 6.07) is 4.07. The molecule has 100 valence electrons. The monoisotopic (exact) mass is 322 g/mol. The van der Waals surface area contributed by atoms with E-state index in [1.165, 1.54) is 20.0 Å². The summed E-state index contributed by atoms with van der Waals surface area (Å²) in [6.45, 7) is 2.21. The maximum atomic E-state index is 11.6. The summed E-state index contributed by atoms with van der Waals surface area (Å²) in [5.74, 6) is 0.776. The number of aromatic nitrogens is 2. The fourth-order valence-electron chi connectivity index (χ4n) is 2.80. The number of rotatable bonds is 1. The Morgan fingerprint density at radius 3 is 3.05 bits per heavy atom. The van der Waals surface area contributed by atoms with Gasteiger partial charge in [0.25, 0.3) is 0 Å². The van der Waals surface area contributed by atoms with Crippen molar-refractivity contribution >= 4 is 32.9 Å². The Morgan fingerprint density at radius 1 is 1.53 bits per heavy atom. The summed E-state index contributed by atoms with van der Waals surface area (Å²) >= 11 is 3.56. The van der Waals surface area contributed by atoms with Crippen LogP contribution in [0.25, 0.3) is 11.0 Å². The molecule has 0 saturated carbocycles. The molecule has 0 fully saturated rings. The standard InChI is InChI=1S/C14H15BrN2O2/c1-8-4-3-5-12-16-11-7-9(14(18)19-2)6-10(15)13(11)17(8)12/h6-8H,3-5H2,1-2H3/t8-/m1/s1. The van der Waals surface area contributed by atoms with Gasteiger partial charge in [-0.15, -0.1) is 0 Å². The van der Waals surface area contributed by atoms with Gasteiger partial charge in [0.05, 0.1) is 23.7 Å². The number of aryl methyl sites for hydroxylation is 1. The van der Waals surface area contributed by atoms with E-state index in [2.05, 4.69) is 32.4 Å². The SMILES string of the molecule is COC(=O)c1cc(Br)c2c(c1)nc1n2[C@H](C)CCC1. The zero-order valence-electron chi connectivity index (χ0n) is 10.9. The predicted molar refractivity (Wildman–Crippen MR) is 76.4 cm³/mol. The zero-order chi connectivity index (χ0) is 13.6. The first-order valence-corrected chi connectivity index (χ1v) is 7.19.